The number of carbonyl (C=O) groups is 2. The molecule has 1 fully saturated rings. The van der Waals surface area contributed by atoms with Crippen LogP contribution in [0.1, 0.15) is 232 Å². The predicted octanol–water partition coefficient (Wildman–Crippen LogP) is 11.6. The lowest BCUT2D eigenvalue weighted by Crippen LogP contribution is -2.60. The van der Waals surface area contributed by atoms with E-state index in [0.717, 1.165) is 32.1 Å². The quantitative estimate of drug-likeness (QED) is 0.0196. The van der Waals surface area contributed by atoms with Gasteiger partial charge in [-0.3, -0.25) is 14.1 Å². The van der Waals surface area contributed by atoms with Crippen molar-refractivity contribution in [3.05, 3.63) is 24.3 Å². The first kappa shape index (κ1) is 60.1. The summed E-state index contributed by atoms with van der Waals surface area (Å²) in [6.07, 6.45) is 38.0. The summed E-state index contributed by atoms with van der Waals surface area (Å²) in [5.74, 6) is -2.03. The van der Waals surface area contributed by atoms with Gasteiger partial charge in [0.2, 0.25) is 0 Å². The Balaban J connectivity index is 2.37. The largest absolute Gasteiger partial charge is 0.462 e. The van der Waals surface area contributed by atoms with Gasteiger partial charge in [0, 0.05) is 12.8 Å². The molecular weight excluding hydrogens is 837 g/mol. The maximum absolute atomic E-state index is 12.9. The van der Waals surface area contributed by atoms with Crippen LogP contribution in [0.5, 0.6) is 0 Å². The first-order valence-electron chi connectivity index (χ1n) is 25.9. The summed E-state index contributed by atoms with van der Waals surface area (Å²) in [5.41, 5.74) is 0. The number of hydrogen-bond donors (Lipinski definition) is 4. The Hall–Kier alpha value is -1.87. The Morgan fingerprint density at radius 1 is 0.516 bits per heavy atom. The molecular formula is C51H94O12S. The highest BCUT2D eigenvalue weighted by atomic mass is 32.2. The molecule has 1 rings (SSSR count). The summed E-state index contributed by atoms with van der Waals surface area (Å²) in [7, 11) is -4.61. The molecule has 1 aliphatic rings. The van der Waals surface area contributed by atoms with E-state index in [1.54, 1.807) is 0 Å². The molecule has 64 heavy (non-hydrogen) atoms. The van der Waals surface area contributed by atoms with E-state index in [9.17, 15) is 37.9 Å². The summed E-state index contributed by atoms with van der Waals surface area (Å²) in [4.78, 5) is 25.5. The second-order valence-electron chi connectivity index (χ2n) is 18.2. The van der Waals surface area contributed by atoms with Crippen LogP contribution in [0.3, 0.4) is 0 Å². The summed E-state index contributed by atoms with van der Waals surface area (Å²) in [6.45, 7) is 3.75. The van der Waals surface area contributed by atoms with Gasteiger partial charge in [-0.15, -0.1) is 0 Å². The van der Waals surface area contributed by atoms with Crippen LogP contribution < -0.4 is 0 Å². The minimum atomic E-state index is -4.61. The molecule has 0 aromatic rings. The van der Waals surface area contributed by atoms with Gasteiger partial charge in [0.15, 0.2) is 12.4 Å². The second-order valence-corrected chi connectivity index (χ2v) is 19.7. The highest BCUT2D eigenvalue weighted by Gasteiger charge is 2.46. The van der Waals surface area contributed by atoms with Gasteiger partial charge < -0.3 is 34.3 Å². The third-order valence-corrected chi connectivity index (χ3v) is 12.8. The van der Waals surface area contributed by atoms with E-state index in [2.05, 4.69) is 32.1 Å². The van der Waals surface area contributed by atoms with Crippen LogP contribution >= 0.6 is 0 Å². The van der Waals surface area contributed by atoms with Crippen molar-refractivity contribution in [1.82, 2.24) is 0 Å². The van der Waals surface area contributed by atoms with Gasteiger partial charge in [-0.2, -0.15) is 8.42 Å². The number of esters is 2. The number of carbonyl (C=O) groups excluding carboxylic acids is 2. The molecule has 13 heteroatoms. The van der Waals surface area contributed by atoms with Gasteiger partial charge in [0.25, 0.3) is 10.1 Å². The molecule has 1 heterocycles. The smallest absolute Gasteiger partial charge is 0.306 e. The molecule has 0 spiro atoms. The standard InChI is InChI=1S/C51H94O12S/c1-3-5-7-9-11-13-15-17-19-20-21-22-23-24-26-28-30-32-34-36-38-40-47(53)62-44(42-61-51-50(56)49(55)48(54)45(63-51)43-64(57,58)59)41-60-46(52)39-37-35-33-31-29-27-25-18-16-14-12-10-8-6-4-2/h17,19,33,35,44-45,48-51,54-56H,3-16,18,20-32,34,36-43H2,1-2H3,(H,57,58,59)/b19-17+,35-33+/t44-,45-,48-,49?,50?,51+/m1/s1. The number of aliphatic hydroxyl groups excluding tert-OH is 3. The third kappa shape index (κ3) is 35.3. The Morgan fingerprint density at radius 2 is 0.922 bits per heavy atom. The van der Waals surface area contributed by atoms with Crippen molar-refractivity contribution in [1.29, 1.82) is 0 Å². The molecule has 1 aliphatic heterocycles. The molecule has 2 unspecified atom stereocenters. The molecule has 12 nitrogen and oxygen atoms in total. The minimum absolute atomic E-state index is 0.138. The predicted molar refractivity (Wildman–Crippen MR) is 256 cm³/mol. The first-order valence-corrected chi connectivity index (χ1v) is 27.5. The number of rotatable bonds is 44. The fourth-order valence-corrected chi connectivity index (χ4v) is 8.68. The normalized spacial score (nSPS) is 19.8. The van der Waals surface area contributed by atoms with Crippen LogP contribution in [0.25, 0.3) is 0 Å². The van der Waals surface area contributed by atoms with Crippen molar-refractivity contribution >= 4 is 22.1 Å². The van der Waals surface area contributed by atoms with Crippen molar-refractivity contribution in [3.8, 4) is 0 Å². The Morgan fingerprint density at radius 3 is 1.36 bits per heavy atom. The van der Waals surface area contributed by atoms with Crippen molar-refractivity contribution in [2.45, 2.75) is 269 Å². The van der Waals surface area contributed by atoms with E-state index in [0.29, 0.717) is 12.8 Å². The summed E-state index contributed by atoms with van der Waals surface area (Å²) >= 11 is 0. The first-order chi connectivity index (χ1) is 31.0. The van der Waals surface area contributed by atoms with Crippen molar-refractivity contribution < 1.29 is 56.8 Å². The lowest BCUT2D eigenvalue weighted by Gasteiger charge is -2.40. The molecule has 0 saturated carbocycles. The number of hydrogen-bond acceptors (Lipinski definition) is 11. The van der Waals surface area contributed by atoms with Gasteiger partial charge in [-0.05, 0) is 51.4 Å². The molecule has 0 radical (unpaired) electrons. The summed E-state index contributed by atoms with van der Waals surface area (Å²) in [6, 6.07) is 0. The highest BCUT2D eigenvalue weighted by molar-refractivity contribution is 7.85. The molecule has 6 atom stereocenters. The molecule has 0 aromatic carbocycles. The zero-order chi connectivity index (χ0) is 46.9. The second kappa shape index (κ2) is 41.3. The molecule has 0 bridgehead atoms. The summed E-state index contributed by atoms with van der Waals surface area (Å²) < 4.78 is 54.2. The number of aliphatic hydroxyl groups is 3. The third-order valence-electron chi connectivity index (χ3n) is 12.0. The van der Waals surface area contributed by atoms with Crippen LogP contribution in [-0.4, -0.2) is 96.0 Å². The van der Waals surface area contributed by atoms with Crippen molar-refractivity contribution in [2.24, 2.45) is 0 Å². The number of ether oxygens (including phenoxy) is 4. The summed E-state index contributed by atoms with van der Waals surface area (Å²) in [5, 5.41) is 31.0. The maximum Gasteiger partial charge on any atom is 0.306 e. The van der Waals surface area contributed by atoms with E-state index >= 15 is 0 Å². The SMILES string of the molecule is CCCCCCCC/C=C/CCCCCCCCCCCCCC(=O)O[C@H](COC(=O)CC/C=C/CCCCCCCCCCCCC)CO[C@H]1O[C@H](CS(=O)(=O)O)[C@@H](O)C(O)C1O. The Bertz CT molecular complexity index is 1270. The van der Waals surface area contributed by atoms with Gasteiger partial charge in [0.05, 0.1) is 6.61 Å². The zero-order valence-corrected chi connectivity index (χ0v) is 41.2. The average molecular weight is 931 g/mol. The Kier molecular flexibility index (Phi) is 38.8. The van der Waals surface area contributed by atoms with Crippen LogP contribution in [-0.2, 0) is 38.7 Å². The molecule has 4 N–H and O–H groups in total. The van der Waals surface area contributed by atoms with Gasteiger partial charge in [0.1, 0.15) is 36.8 Å². The monoisotopic (exact) mass is 931 g/mol. The van der Waals surface area contributed by atoms with Crippen molar-refractivity contribution in [3.63, 3.8) is 0 Å². The van der Waals surface area contributed by atoms with E-state index in [4.69, 9.17) is 18.9 Å². The van der Waals surface area contributed by atoms with E-state index in [1.807, 2.05) is 6.08 Å². The number of allylic oxidation sites excluding steroid dienone is 4. The van der Waals surface area contributed by atoms with Crippen LogP contribution in [0, 0.1) is 0 Å². The maximum atomic E-state index is 12.9. The topological polar surface area (TPSA) is 186 Å². The lowest BCUT2D eigenvalue weighted by atomic mass is 10.00. The molecule has 0 amide bonds. The van der Waals surface area contributed by atoms with E-state index < -0.39 is 71.2 Å². The number of unbranched alkanes of at least 4 members (excludes halogenated alkanes) is 28. The minimum Gasteiger partial charge on any atom is -0.462 e. The van der Waals surface area contributed by atoms with Gasteiger partial charge in [-0.1, -0.05) is 192 Å². The van der Waals surface area contributed by atoms with Gasteiger partial charge >= 0.3 is 11.9 Å². The molecule has 1 saturated heterocycles. The average Bonchev–Trinajstić information content (AvgIpc) is 3.26. The fourth-order valence-electron chi connectivity index (χ4n) is 7.98. The zero-order valence-electron chi connectivity index (χ0n) is 40.4. The van der Waals surface area contributed by atoms with Crippen LogP contribution in [0.15, 0.2) is 24.3 Å². The van der Waals surface area contributed by atoms with Crippen LogP contribution in [0.2, 0.25) is 0 Å². The van der Waals surface area contributed by atoms with Crippen molar-refractivity contribution in [2.75, 3.05) is 19.0 Å². The Labute approximate surface area is 389 Å². The van der Waals surface area contributed by atoms with Crippen LogP contribution in [0.4, 0.5) is 0 Å². The van der Waals surface area contributed by atoms with E-state index in [1.165, 1.54) is 161 Å². The molecule has 376 valence electrons. The molecule has 0 aromatic heterocycles. The highest BCUT2D eigenvalue weighted by Crippen LogP contribution is 2.24. The molecule has 0 aliphatic carbocycles. The fraction of sp³-hybridized carbons (Fsp3) is 0.882. The van der Waals surface area contributed by atoms with Gasteiger partial charge in [-0.25, -0.2) is 0 Å². The van der Waals surface area contributed by atoms with E-state index in [-0.39, 0.29) is 19.4 Å². The lowest BCUT2D eigenvalue weighted by molar-refractivity contribution is -0.297.